The number of aryl methyl sites for hydroxylation is 2. The van der Waals surface area contributed by atoms with Crippen LogP contribution in [0.4, 0.5) is 0 Å². The Morgan fingerprint density at radius 3 is 2.79 bits per heavy atom. The fourth-order valence-electron chi connectivity index (χ4n) is 3.45. The lowest BCUT2D eigenvalue weighted by Gasteiger charge is -2.14. The van der Waals surface area contributed by atoms with Crippen molar-refractivity contribution in [2.24, 2.45) is 0 Å². The molecule has 0 amide bonds. The minimum absolute atomic E-state index is 0.182. The monoisotopic (exact) mass is 349 g/mol. The summed E-state index contributed by atoms with van der Waals surface area (Å²) >= 11 is 0. The maximum Gasteiger partial charge on any atom is 0.244 e. The Bertz CT molecular complexity index is 866. The number of H-pyrrole nitrogens is 1. The summed E-state index contributed by atoms with van der Waals surface area (Å²) in [6.45, 7) is 4.80. The van der Waals surface area contributed by atoms with Crippen LogP contribution in [0, 0.1) is 13.8 Å². The van der Waals surface area contributed by atoms with Gasteiger partial charge in [-0.1, -0.05) is 0 Å². The molecule has 3 heterocycles. The van der Waals surface area contributed by atoms with E-state index in [0.29, 0.717) is 24.6 Å². The van der Waals surface area contributed by atoms with E-state index in [1.165, 1.54) is 0 Å². The Morgan fingerprint density at radius 2 is 2.04 bits per heavy atom. The number of aromatic amines is 1. The van der Waals surface area contributed by atoms with Gasteiger partial charge in [-0.25, -0.2) is 13.1 Å². The van der Waals surface area contributed by atoms with Gasteiger partial charge in [0.2, 0.25) is 10.0 Å². The first kappa shape index (κ1) is 15.5. The van der Waals surface area contributed by atoms with Crippen LogP contribution in [0.15, 0.2) is 11.0 Å². The zero-order valence-electron chi connectivity index (χ0n) is 13.6. The standard InChI is InChI=1S/C16H19N3O4S/c1-9-16(10(2)19-18-9)24(20,21)17-8-13-12-4-6-22-14(12)7-11-3-5-23-15(11)13/h7,17H,3-6,8H2,1-2H3,(H,18,19). The average molecular weight is 349 g/mol. The summed E-state index contributed by atoms with van der Waals surface area (Å²) in [5.74, 6) is 1.66. The van der Waals surface area contributed by atoms with Gasteiger partial charge in [0, 0.05) is 36.1 Å². The number of ether oxygens (including phenoxy) is 2. The molecule has 0 radical (unpaired) electrons. The normalized spacial score (nSPS) is 15.8. The highest BCUT2D eigenvalue weighted by molar-refractivity contribution is 7.89. The third-order valence-electron chi connectivity index (χ3n) is 4.53. The second-order valence-corrected chi connectivity index (χ2v) is 7.81. The molecule has 7 nitrogen and oxygen atoms in total. The molecule has 2 aromatic rings. The molecule has 0 spiro atoms. The van der Waals surface area contributed by atoms with Gasteiger partial charge in [0.15, 0.2) is 0 Å². The first-order chi connectivity index (χ1) is 11.5. The van der Waals surface area contributed by atoms with Crippen molar-refractivity contribution in [3.63, 3.8) is 0 Å². The zero-order chi connectivity index (χ0) is 16.9. The van der Waals surface area contributed by atoms with E-state index in [-0.39, 0.29) is 11.4 Å². The number of fused-ring (bicyclic) bond motifs is 2. The summed E-state index contributed by atoms with van der Waals surface area (Å²) < 4.78 is 39.4. The zero-order valence-corrected chi connectivity index (χ0v) is 14.4. The lowest BCUT2D eigenvalue weighted by molar-refractivity contribution is 0.352. The molecule has 0 fully saturated rings. The third kappa shape index (κ3) is 2.37. The van der Waals surface area contributed by atoms with Crippen molar-refractivity contribution >= 4 is 10.0 Å². The Morgan fingerprint density at radius 1 is 1.25 bits per heavy atom. The summed E-state index contributed by atoms with van der Waals surface area (Å²) in [6.07, 6.45) is 1.60. The van der Waals surface area contributed by atoms with E-state index >= 15 is 0 Å². The predicted octanol–water partition coefficient (Wildman–Crippen LogP) is 1.37. The van der Waals surface area contributed by atoms with E-state index in [9.17, 15) is 8.42 Å². The highest BCUT2D eigenvalue weighted by Gasteiger charge is 2.28. The predicted molar refractivity (Wildman–Crippen MR) is 86.9 cm³/mol. The van der Waals surface area contributed by atoms with Crippen LogP contribution < -0.4 is 14.2 Å². The number of nitrogens with zero attached hydrogens (tertiary/aromatic N) is 1. The van der Waals surface area contributed by atoms with E-state index in [0.717, 1.165) is 41.0 Å². The summed E-state index contributed by atoms with van der Waals surface area (Å²) in [4.78, 5) is 0.212. The van der Waals surface area contributed by atoms with Crippen LogP contribution in [-0.4, -0.2) is 31.8 Å². The van der Waals surface area contributed by atoms with Crippen LogP contribution in [0.1, 0.15) is 28.1 Å². The molecular weight excluding hydrogens is 330 g/mol. The maximum atomic E-state index is 12.7. The molecule has 2 N–H and O–H groups in total. The van der Waals surface area contributed by atoms with E-state index in [1.807, 2.05) is 6.07 Å². The summed E-state index contributed by atoms with van der Waals surface area (Å²) in [7, 11) is -3.65. The Kier molecular flexibility index (Phi) is 3.54. The number of rotatable bonds is 4. The van der Waals surface area contributed by atoms with E-state index < -0.39 is 10.0 Å². The molecule has 1 aromatic carbocycles. The number of hydrogen-bond acceptors (Lipinski definition) is 5. The lowest BCUT2D eigenvalue weighted by atomic mass is 10.00. The van der Waals surface area contributed by atoms with Crippen molar-refractivity contribution in [3.8, 4) is 11.5 Å². The molecular formula is C16H19N3O4S. The molecule has 0 unspecified atom stereocenters. The molecule has 0 bridgehead atoms. The number of nitrogens with one attached hydrogen (secondary N) is 2. The Balaban J connectivity index is 1.68. The molecule has 0 saturated heterocycles. The van der Waals surface area contributed by atoms with E-state index in [1.54, 1.807) is 13.8 Å². The molecule has 8 heteroatoms. The van der Waals surface area contributed by atoms with Crippen molar-refractivity contribution in [2.45, 2.75) is 38.1 Å². The molecule has 4 rings (SSSR count). The smallest absolute Gasteiger partial charge is 0.244 e. The topological polar surface area (TPSA) is 93.3 Å². The molecule has 0 aliphatic carbocycles. The second kappa shape index (κ2) is 5.49. The minimum Gasteiger partial charge on any atom is -0.493 e. The molecule has 2 aliphatic heterocycles. The molecule has 0 atom stereocenters. The minimum atomic E-state index is -3.65. The van der Waals surface area contributed by atoms with E-state index in [2.05, 4.69) is 14.9 Å². The largest absolute Gasteiger partial charge is 0.493 e. The molecule has 2 aliphatic rings. The maximum absolute atomic E-state index is 12.7. The molecule has 1 aromatic heterocycles. The first-order valence-electron chi connectivity index (χ1n) is 7.92. The van der Waals surface area contributed by atoms with E-state index in [4.69, 9.17) is 9.47 Å². The molecule has 0 saturated carbocycles. The molecule has 128 valence electrons. The van der Waals surface area contributed by atoms with Gasteiger partial charge in [-0.05, 0) is 19.9 Å². The van der Waals surface area contributed by atoms with Crippen LogP contribution in [0.5, 0.6) is 11.5 Å². The van der Waals surface area contributed by atoms with Crippen LogP contribution in [0.2, 0.25) is 0 Å². The van der Waals surface area contributed by atoms with Crippen molar-refractivity contribution in [1.82, 2.24) is 14.9 Å². The Hall–Kier alpha value is -2.06. The number of benzene rings is 1. The van der Waals surface area contributed by atoms with Gasteiger partial charge in [-0.3, -0.25) is 5.10 Å². The highest BCUT2D eigenvalue weighted by Crippen LogP contribution is 2.40. The first-order valence-corrected chi connectivity index (χ1v) is 9.40. The van der Waals surface area contributed by atoms with Crippen molar-refractivity contribution < 1.29 is 17.9 Å². The van der Waals surface area contributed by atoms with Gasteiger partial charge >= 0.3 is 0 Å². The van der Waals surface area contributed by atoms with Gasteiger partial charge in [0.05, 0.1) is 24.6 Å². The molecule has 24 heavy (non-hydrogen) atoms. The van der Waals surface area contributed by atoms with Gasteiger partial charge in [0.1, 0.15) is 16.4 Å². The summed E-state index contributed by atoms with van der Waals surface area (Å²) in [5, 5.41) is 6.67. The van der Waals surface area contributed by atoms with Crippen LogP contribution in [-0.2, 0) is 29.4 Å². The van der Waals surface area contributed by atoms with Crippen LogP contribution >= 0.6 is 0 Å². The third-order valence-corrected chi connectivity index (χ3v) is 6.19. The quantitative estimate of drug-likeness (QED) is 0.870. The lowest BCUT2D eigenvalue weighted by Crippen LogP contribution is -2.25. The van der Waals surface area contributed by atoms with Gasteiger partial charge in [-0.2, -0.15) is 5.10 Å². The number of aromatic nitrogens is 2. The van der Waals surface area contributed by atoms with Crippen molar-refractivity contribution in [1.29, 1.82) is 0 Å². The fourth-order valence-corrected chi connectivity index (χ4v) is 4.81. The van der Waals surface area contributed by atoms with Gasteiger partial charge in [0.25, 0.3) is 0 Å². The second-order valence-electron chi connectivity index (χ2n) is 6.10. The average Bonchev–Trinajstić information content (AvgIpc) is 3.23. The van der Waals surface area contributed by atoms with Gasteiger partial charge < -0.3 is 9.47 Å². The fraction of sp³-hybridized carbons (Fsp3) is 0.438. The van der Waals surface area contributed by atoms with Crippen LogP contribution in [0.25, 0.3) is 0 Å². The van der Waals surface area contributed by atoms with Crippen molar-refractivity contribution in [2.75, 3.05) is 13.2 Å². The highest BCUT2D eigenvalue weighted by atomic mass is 32.2. The SMILES string of the molecule is Cc1n[nH]c(C)c1S(=O)(=O)NCc1c2c(cc3c1OCC3)OCC2. The van der Waals surface area contributed by atoms with Gasteiger partial charge in [-0.15, -0.1) is 0 Å². The Labute approximate surface area is 140 Å². The summed E-state index contributed by atoms with van der Waals surface area (Å²) in [5.41, 5.74) is 4.01. The van der Waals surface area contributed by atoms with Crippen LogP contribution in [0.3, 0.4) is 0 Å². The number of hydrogen-bond donors (Lipinski definition) is 2. The van der Waals surface area contributed by atoms with Crippen molar-refractivity contribution in [3.05, 3.63) is 34.1 Å². The summed E-state index contributed by atoms with van der Waals surface area (Å²) in [6, 6.07) is 2.02. The number of sulfonamides is 1.